The summed E-state index contributed by atoms with van der Waals surface area (Å²) in [5.74, 6) is 0.993. The lowest BCUT2D eigenvalue weighted by Gasteiger charge is -2.22. The van der Waals surface area contributed by atoms with E-state index in [2.05, 4.69) is 47.7 Å². The van der Waals surface area contributed by atoms with E-state index < -0.39 is 11.1 Å². The van der Waals surface area contributed by atoms with Crippen LogP contribution in [0.25, 0.3) is 0 Å². The molecule has 0 amide bonds. The first-order chi connectivity index (χ1) is 14.3. The fourth-order valence-electron chi connectivity index (χ4n) is 3.06. The Balaban J connectivity index is 1.59. The number of H-pyrrole nitrogens is 2. The molecule has 8 heteroatoms. The first-order valence-electron chi connectivity index (χ1n) is 10.0. The van der Waals surface area contributed by atoms with Gasteiger partial charge in [-0.1, -0.05) is 43.3 Å². The lowest BCUT2D eigenvalue weighted by molar-refractivity contribution is 0.584. The van der Waals surface area contributed by atoms with Crippen LogP contribution in [0.15, 0.2) is 64.7 Å². The van der Waals surface area contributed by atoms with Crippen molar-refractivity contribution in [2.45, 2.75) is 26.2 Å². The highest BCUT2D eigenvalue weighted by Crippen LogP contribution is 2.10. The molecule has 1 unspecified atom stereocenters. The molecule has 0 aliphatic carbocycles. The molecule has 1 aromatic carbocycles. The SMILES string of the molecule is CCCN(CCCN=c1[nH][s+]([O-])[nH]c1=NCCc1ccccc1)c1ccccn1. The van der Waals surface area contributed by atoms with E-state index in [0.717, 1.165) is 38.2 Å². The molecule has 3 rings (SSSR count). The van der Waals surface area contributed by atoms with Gasteiger partial charge in [0.25, 0.3) is 0 Å². The standard InChI is InChI=1S/C21H28N6OS/c1-2-16-27(19-11-6-7-13-22-19)17-8-14-23-20-21(26-29(28)25-20)24-15-12-18-9-4-3-5-10-18/h3-7,9-11,13H,2,8,12,14-17H2,1H3,(H,23,25)(H,24,26). The summed E-state index contributed by atoms with van der Waals surface area (Å²) in [6, 6.07) is 16.2. The van der Waals surface area contributed by atoms with Crippen molar-refractivity contribution in [1.82, 2.24) is 13.7 Å². The van der Waals surface area contributed by atoms with Crippen LogP contribution in [0.4, 0.5) is 5.82 Å². The Labute approximate surface area is 174 Å². The Bertz CT molecular complexity index is 977. The monoisotopic (exact) mass is 412 g/mol. The van der Waals surface area contributed by atoms with Crippen LogP contribution in [-0.2, 0) is 6.42 Å². The zero-order chi connectivity index (χ0) is 20.3. The van der Waals surface area contributed by atoms with Crippen LogP contribution in [-0.4, -0.2) is 44.5 Å². The molecule has 154 valence electrons. The summed E-state index contributed by atoms with van der Waals surface area (Å²) < 4.78 is 17.5. The number of benzene rings is 1. The minimum atomic E-state index is -1.36. The normalized spacial score (nSPS) is 13.1. The average Bonchev–Trinajstić information content (AvgIpc) is 3.11. The Hall–Kier alpha value is -2.71. The van der Waals surface area contributed by atoms with Crippen LogP contribution in [0.5, 0.6) is 0 Å². The van der Waals surface area contributed by atoms with Crippen molar-refractivity contribution in [1.29, 1.82) is 0 Å². The van der Waals surface area contributed by atoms with Gasteiger partial charge >= 0.3 is 0 Å². The number of hydrogen-bond acceptors (Lipinski definition) is 5. The molecule has 0 spiro atoms. The smallest absolute Gasteiger partial charge is 0.219 e. The lowest BCUT2D eigenvalue weighted by atomic mass is 10.2. The minimum Gasteiger partial charge on any atom is -0.549 e. The van der Waals surface area contributed by atoms with E-state index in [1.54, 1.807) is 0 Å². The second kappa shape index (κ2) is 11.3. The molecular formula is C21H28N6OS. The molecule has 2 aromatic heterocycles. The fourth-order valence-corrected chi connectivity index (χ4v) is 3.78. The molecule has 0 saturated carbocycles. The van der Waals surface area contributed by atoms with Crippen LogP contribution >= 0.6 is 11.1 Å². The number of anilines is 1. The van der Waals surface area contributed by atoms with E-state index in [9.17, 15) is 4.55 Å². The third-order valence-electron chi connectivity index (χ3n) is 4.44. The summed E-state index contributed by atoms with van der Waals surface area (Å²) in [4.78, 5) is 15.8. The molecule has 0 bridgehead atoms. The number of pyridine rings is 1. The maximum Gasteiger partial charge on any atom is 0.219 e. The Morgan fingerprint density at radius 2 is 1.69 bits per heavy atom. The van der Waals surface area contributed by atoms with Crippen molar-refractivity contribution < 1.29 is 4.55 Å². The van der Waals surface area contributed by atoms with Crippen LogP contribution in [0.3, 0.4) is 0 Å². The third kappa shape index (κ3) is 6.69. The first-order valence-corrected chi connectivity index (χ1v) is 11.2. The Morgan fingerprint density at radius 1 is 0.966 bits per heavy atom. The van der Waals surface area contributed by atoms with E-state index >= 15 is 0 Å². The zero-order valence-corrected chi connectivity index (χ0v) is 17.6. The second-order valence-electron chi connectivity index (χ2n) is 6.70. The summed E-state index contributed by atoms with van der Waals surface area (Å²) in [7, 11) is 0. The topological polar surface area (TPSA) is 95.5 Å². The van der Waals surface area contributed by atoms with E-state index in [1.807, 2.05) is 42.6 Å². The van der Waals surface area contributed by atoms with Gasteiger partial charge in [0.15, 0.2) is 0 Å². The largest absolute Gasteiger partial charge is 0.549 e. The quantitative estimate of drug-likeness (QED) is 0.396. The Morgan fingerprint density at radius 3 is 2.38 bits per heavy atom. The molecule has 1 atom stereocenters. The number of nitrogens with zero attached hydrogens (tertiary/aromatic N) is 4. The predicted molar refractivity (Wildman–Crippen MR) is 116 cm³/mol. The molecule has 2 heterocycles. The maximum atomic E-state index is 11.8. The highest BCUT2D eigenvalue weighted by molar-refractivity contribution is 7.13. The summed E-state index contributed by atoms with van der Waals surface area (Å²) in [6.45, 7) is 5.25. The third-order valence-corrected chi connectivity index (χ3v) is 5.20. The van der Waals surface area contributed by atoms with Crippen LogP contribution in [0.1, 0.15) is 25.3 Å². The van der Waals surface area contributed by atoms with Crippen molar-refractivity contribution in [3.63, 3.8) is 0 Å². The number of aromatic nitrogens is 3. The summed E-state index contributed by atoms with van der Waals surface area (Å²) >= 11 is -1.36. The summed E-state index contributed by atoms with van der Waals surface area (Å²) in [6.07, 6.45) is 4.60. The molecule has 3 aromatic rings. The number of aromatic amines is 2. The van der Waals surface area contributed by atoms with Gasteiger partial charge < -0.3 is 9.45 Å². The van der Waals surface area contributed by atoms with Gasteiger partial charge in [-0.3, -0.25) is 9.98 Å². The molecule has 0 radical (unpaired) electrons. The molecule has 0 aliphatic rings. The van der Waals surface area contributed by atoms with Crippen molar-refractivity contribution in [2.75, 3.05) is 31.1 Å². The van der Waals surface area contributed by atoms with Crippen LogP contribution in [0, 0.1) is 0 Å². The highest BCUT2D eigenvalue weighted by atomic mass is 32.2. The van der Waals surface area contributed by atoms with Crippen molar-refractivity contribution in [3.05, 3.63) is 71.3 Å². The molecule has 2 N–H and O–H groups in total. The average molecular weight is 413 g/mol. The van der Waals surface area contributed by atoms with E-state index in [0.29, 0.717) is 24.1 Å². The summed E-state index contributed by atoms with van der Waals surface area (Å²) in [5, 5.41) is 0. The molecular weight excluding hydrogens is 384 g/mol. The van der Waals surface area contributed by atoms with Crippen LogP contribution in [0.2, 0.25) is 0 Å². The summed E-state index contributed by atoms with van der Waals surface area (Å²) in [5.41, 5.74) is 2.39. The van der Waals surface area contributed by atoms with E-state index in [-0.39, 0.29) is 0 Å². The predicted octanol–water partition coefficient (Wildman–Crippen LogP) is 2.82. The van der Waals surface area contributed by atoms with Gasteiger partial charge in [0.05, 0.1) is 0 Å². The van der Waals surface area contributed by atoms with Crippen molar-refractivity contribution in [2.24, 2.45) is 9.98 Å². The zero-order valence-electron chi connectivity index (χ0n) is 16.8. The molecule has 7 nitrogen and oxygen atoms in total. The van der Waals surface area contributed by atoms with Gasteiger partial charge in [0.1, 0.15) is 17.0 Å². The molecule has 0 saturated heterocycles. The lowest BCUT2D eigenvalue weighted by Crippen LogP contribution is -2.28. The van der Waals surface area contributed by atoms with Gasteiger partial charge in [0, 0.05) is 32.4 Å². The van der Waals surface area contributed by atoms with Crippen molar-refractivity contribution >= 4 is 17.0 Å². The van der Waals surface area contributed by atoms with Gasteiger partial charge in [-0.15, -0.1) is 0 Å². The minimum absolute atomic E-state index is 0.578. The van der Waals surface area contributed by atoms with Gasteiger partial charge in [-0.05, 0) is 37.0 Å². The number of nitrogens with one attached hydrogen (secondary N) is 2. The second-order valence-corrected chi connectivity index (χ2v) is 7.64. The van der Waals surface area contributed by atoms with E-state index in [1.165, 1.54) is 5.56 Å². The number of rotatable bonds is 10. The Kier molecular flexibility index (Phi) is 8.21. The fraction of sp³-hybridized carbons (Fsp3) is 0.381. The van der Waals surface area contributed by atoms with Crippen molar-refractivity contribution in [3.8, 4) is 0 Å². The van der Waals surface area contributed by atoms with Gasteiger partial charge in [-0.2, -0.15) is 8.75 Å². The molecule has 0 fully saturated rings. The van der Waals surface area contributed by atoms with Crippen LogP contribution < -0.4 is 15.9 Å². The maximum absolute atomic E-state index is 11.8. The van der Waals surface area contributed by atoms with Gasteiger partial charge in [0.2, 0.25) is 11.0 Å². The first kappa shape index (κ1) is 21.0. The van der Waals surface area contributed by atoms with Gasteiger partial charge in [-0.25, -0.2) is 4.98 Å². The molecule has 29 heavy (non-hydrogen) atoms. The number of hydrogen-bond donors (Lipinski definition) is 2. The van der Waals surface area contributed by atoms with E-state index in [4.69, 9.17) is 0 Å². The highest BCUT2D eigenvalue weighted by Gasteiger charge is 2.06. The molecule has 0 aliphatic heterocycles.